The summed E-state index contributed by atoms with van der Waals surface area (Å²) < 4.78 is 13.8. The van der Waals surface area contributed by atoms with E-state index in [0.717, 1.165) is 5.56 Å². The van der Waals surface area contributed by atoms with Crippen LogP contribution in [0.1, 0.15) is 16.6 Å². The number of rotatable bonds is 4. The molecule has 1 aromatic heterocycles. The van der Waals surface area contributed by atoms with E-state index in [1.54, 1.807) is 6.07 Å². The van der Waals surface area contributed by atoms with Gasteiger partial charge in [-0.15, -0.1) is 11.3 Å². The van der Waals surface area contributed by atoms with Crippen LogP contribution in [0.2, 0.25) is 4.34 Å². The van der Waals surface area contributed by atoms with Gasteiger partial charge in [-0.25, -0.2) is 9.37 Å². The van der Waals surface area contributed by atoms with Crippen molar-refractivity contribution in [2.24, 2.45) is 0 Å². The third kappa shape index (κ3) is 3.19. The summed E-state index contributed by atoms with van der Waals surface area (Å²) in [5, 5.41) is 13.1. The zero-order chi connectivity index (χ0) is 13.1. The molecule has 2 aromatic rings. The quantitative estimate of drug-likeness (QED) is 0.905. The number of aromatic nitrogens is 1. The van der Waals surface area contributed by atoms with Crippen molar-refractivity contribution in [2.75, 3.05) is 11.9 Å². The summed E-state index contributed by atoms with van der Waals surface area (Å²) >= 11 is 7.09. The van der Waals surface area contributed by atoms with Crippen LogP contribution >= 0.6 is 22.9 Å². The fourth-order valence-corrected chi connectivity index (χ4v) is 2.61. The lowest BCUT2D eigenvalue weighted by Gasteiger charge is -2.15. The lowest BCUT2D eigenvalue weighted by atomic mass is 10.2. The van der Waals surface area contributed by atoms with Gasteiger partial charge in [-0.2, -0.15) is 0 Å². The van der Waals surface area contributed by atoms with Gasteiger partial charge in [0.05, 0.1) is 12.8 Å². The Kier molecular flexibility index (Phi) is 4.16. The molecule has 0 aliphatic heterocycles. The standard InChI is InChI=1S/C12H12ClFN2OS/c1-7-2-8(14)4-9(3-7)16-10(6-17)12-15-5-11(13)18-12/h2-5,10,16-17H,6H2,1H3. The SMILES string of the molecule is Cc1cc(F)cc(NC(CO)c2ncc(Cl)s2)c1. The highest BCUT2D eigenvalue weighted by Crippen LogP contribution is 2.27. The smallest absolute Gasteiger partial charge is 0.125 e. The largest absolute Gasteiger partial charge is 0.394 e. The van der Waals surface area contributed by atoms with E-state index in [-0.39, 0.29) is 18.5 Å². The van der Waals surface area contributed by atoms with Crippen LogP contribution < -0.4 is 5.32 Å². The Morgan fingerprint density at radius 3 is 2.83 bits per heavy atom. The van der Waals surface area contributed by atoms with Gasteiger partial charge < -0.3 is 10.4 Å². The molecule has 1 unspecified atom stereocenters. The molecule has 2 N–H and O–H groups in total. The summed E-state index contributed by atoms with van der Waals surface area (Å²) in [4.78, 5) is 4.10. The van der Waals surface area contributed by atoms with Crippen molar-refractivity contribution in [3.63, 3.8) is 0 Å². The van der Waals surface area contributed by atoms with Gasteiger partial charge in [-0.05, 0) is 30.7 Å². The van der Waals surface area contributed by atoms with Gasteiger partial charge in [-0.1, -0.05) is 11.6 Å². The highest BCUT2D eigenvalue weighted by atomic mass is 35.5. The average Bonchev–Trinajstić information content (AvgIpc) is 2.71. The van der Waals surface area contributed by atoms with E-state index in [4.69, 9.17) is 11.6 Å². The maximum Gasteiger partial charge on any atom is 0.125 e. The number of halogens is 2. The monoisotopic (exact) mass is 286 g/mol. The van der Waals surface area contributed by atoms with Crippen LogP contribution in [0.4, 0.5) is 10.1 Å². The molecule has 0 fully saturated rings. The predicted molar refractivity (Wildman–Crippen MR) is 71.7 cm³/mol. The number of aryl methyl sites for hydroxylation is 1. The van der Waals surface area contributed by atoms with E-state index >= 15 is 0 Å². The van der Waals surface area contributed by atoms with E-state index in [9.17, 15) is 9.50 Å². The molecule has 0 aliphatic rings. The number of nitrogens with zero attached hydrogens (tertiary/aromatic N) is 1. The maximum atomic E-state index is 13.3. The molecule has 1 heterocycles. The molecule has 6 heteroatoms. The summed E-state index contributed by atoms with van der Waals surface area (Å²) in [5.74, 6) is -0.314. The first-order valence-corrected chi connectivity index (χ1v) is 6.54. The normalized spacial score (nSPS) is 12.4. The zero-order valence-corrected chi connectivity index (χ0v) is 11.2. The van der Waals surface area contributed by atoms with Gasteiger partial charge in [0.1, 0.15) is 21.2 Å². The van der Waals surface area contributed by atoms with Crippen molar-refractivity contribution in [1.82, 2.24) is 4.98 Å². The topological polar surface area (TPSA) is 45.1 Å². The summed E-state index contributed by atoms with van der Waals surface area (Å²) in [7, 11) is 0. The van der Waals surface area contributed by atoms with Gasteiger partial charge in [0, 0.05) is 5.69 Å². The third-order valence-electron chi connectivity index (χ3n) is 2.36. The first kappa shape index (κ1) is 13.3. The lowest BCUT2D eigenvalue weighted by Crippen LogP contribution is -2.14. The molecule has 0 aliphatic carbocycles. The average molecular weight is 287 g/mol. The fraction of sp³-hybridized carbons (Fsp3) is 0.250. The van der Waals surface area contributed by atoms with Crippen LogP contribution in [0.25, 0.3) is 0 Å². The highest BCUT2D eigenvalue weighted by Gasteiger charge is 2.14. The Morgan fingerprint density at radius 2 is 2.28 bits per heavy atom. The van der Waals surface area contributed by atoms with Crippen molar-refractivity contribution < 1.29 is 9.50 Å². The number of nitrogens with one attached hydrogen (secondary N) is 1. The number of aliphatic hydroxyl groups is 1. The van der Waals surface area contributed by atoms with Gasteiger partial charge in [0.15, 0.2) is 0 Å². The van der Waals surface area contributed by atoms with Gasteiger partial charge in [0.2, 0.25) is 0 Å². The highest BCUT2D eigenvalue weighted by molar-refractivity contribution is 7.15. The Bertz CT molecular complexity index is 526. The van der Waals surface area contributed by atoms with Crippen molar-refractivity contribution >= 4 is 28.6 Å². The Hall–Kier alpha value is -1.17. The Labute approximate surface area is 113 Å². The van der Waals surface area contributed by atoms with E-state index < -0.39 is 0 Å². The molecule has 0 spiro atoms. The zero-order valence-electron chi connectivity index (χ0n) is 9.65. The van der Waals surface area contributed by atoms with E-state index in [2.05, 4.69) is 10.3 Å². The van der Waals surface area contributed by atoms with Crippen molar-refractivity contribution in [2.45, 2.75) is 13.0 Å². The summed E-state index contributed by atoms with van der Waals surface area (Å²) in [6, 6.07) is 4.24. The number of anilines is 1. The molecule has 96 valence electrons. The van der Waals surface area contributed by atoms with E-state index in [0.29, 0.717) is 15.0 Å². The number of aliphatic hydroxyl groups excluding tert-OH is 1. The third-order valence-corrected chi connectivity index (χ3v) is 3.59. The van der Waals surface area contributed by atoms with Crippen LogP contribution in [0.15, 0.2) is 24.4 Å². The molecule has 0 bridgehead atoms. The molecular formula is C12H12ClFN2OS. The lowest BCUT2D eigenvalue weighted by molar-refractivity contribution is 0.276. The summed E-state index contributed by atoms with van der Waals surface area (Å²) in [5.41, 5.74) is 1.42. The van der Waals surface area contributed by atoms with Gasteiger partial charge in [-0.3, -0.25) is 0 Å². The minimum atomic E-state index is -0.385. The van der Waals surface area contributed by atoms with E-state index in [1.807, 2.05) is 6.92 Å². The van der Waals surface area contributed by atoms with E-state index in [1.165, 1.54) is 29.7 Å². The minimum absolute atomic E-state index is 0.139. The molecule has 0 saturated heterocycles. The molecule has 1 atom stereocenters. The molecule has 3 nitrogen and oxygen atoms in total. The minimum Gasteiger partial charge on any atom is -0.394 e. The second-order valence-corrected chi connectivity index (χ2v) is 5.59. The molecule has 0 amide bonds. The van der Waals surface area contributed by atoms with Crippen molar-refractivity contribution in [1.29, 1.82) is 0 Å². The van der Waals surface area contributed by atoms with Crippen molar-refractivity contribution in [3.8, 4) is 0 Å². The first-order chi connectivity index (χ1) is 8.58. The van der Waals surface area contributed by atoms with Crippen LogP contribution in [-0.2, 0) is 0 Å². The van der Waals surface area contributed by atoms with Crippen LogP contribution in [0.3, 0.4) is 0 Å². The molecule has 0 radical (unpaired) electrons. The second-order valence-electron chi connectivity index (χ2n) is 3.90. The number of benzene rings is 1. The molecular weight excluding hydrogens is 275 g/mol. The van der Waals surface area contributed by atoms with Crippen molar-refractivity contribution in [3.05, 3.63) is 45.1 Å². The fourth-order valence-electron chi connectivity index (χ4n) is 1.63. The van der Waals surface area contributed by atoms with Crippen LogP contribution in [-0.4, -0.2) is 16.7 Å². The summed E-state index contributed by atoms with van der Waals surface area (Å²) in [6.45, 7) is 1.67. The molecule has 1 aromatic carbocycles. The number of hydrogen-bond acceptors (Lipinski definition) is 4. The van der Waals surface area contributed by atoms with Gasteiger partial charge >= 0.3 is 0 Å². The molecule has 0 saturated carbocycles. The molecule has 2 rings (SSSR count). The van der Waals surface area contributed by atoms with Gasteiger partial charge in [0.25, 0.3) is 0 Å². The molecule has 18 heavy (non-hydrogen) atoms. The summed E-state index contributed by atoms with van der Waals surface area (Å²) in [6.07, 6.45) is 1.53. The van der Waals surface area contributed by atoms with Crippen LogP contribution in [0, 0.1) is 12.7 Å². The predicted octanol–water partition coefficient (Wildman–Crippen LogP) is 3.39. The second kappa shape index (κ2) is 5.65. The Morgan fingerprint density at radius 1 is 1.50 bits per heavy atom. The first-order valence-electron chi connectivity index (χ1n) is 5.34. The number of hydrogen-bond donors (Lipinski definition) is 2. The van der Waals surface area contributed by atoms with Crippen LogP contribution in [0.5, 0.6) is 0 Å². The Balaban J connectivity index is 2.20. The number of thiazole rings is 1. The maximum absolute atomic E-state index is 13.3.